The van der Waals surface area contributed by atoms with Crippen LogP contribution in [0.2, 0.25) is 0 Å². The van der Waals surface area contributed by atoms with Crippen LogP contribution in [0.5, 0.6) is 0 Å². The van der Waals surface area contributed by atoms with E-state index >= 15 is 0 Å². The average molecular weight is 413 g/mol. The fraction of sp³-hybridized carbons (Fsp3) is 0.0800. The predicted molar refractivity (Wildman–Crippen MR) is 120 cm³/mol. The summed E-state index contributed by atoms with van der Waals surface area (Å²) in [7, 11) is 0. The Balaban J connectivity index is 1.59. The third-order valence-corrected chi connectivity index (χ3v) is 5.68. The summed E-state index contributed by atoms with van der Waals surface area (Å²) < 4.78 is 0. The van der Waals surface area contributed by atoms with Gasteiger partial charge in [0.15, 0.2) is 5.78 Å². The van der Waals surface area contributed by atoms with Crippen LogP contribution in [0.1, 0.15) is 30.6 Å². The number of rotatable bonds is 7. The zero-order valence-electron chi connectivity index (χ0n) is 16.2. The van der Waals surface area contributed by atoms with E-state index in [0.717, 1.165) is 11.1 Å². The molecule has 0 unspecified atom stereocenters. The van der Waals surface area contributed by atoms with Crippen molar-refractivity contribution in [2.24, 2.45) is 0 Å². The maximum Gasteiger partial charge on any atom is 0.263 e. The van der Waals surface area contributed by atoms with Gasteiger partial charge in [-0.05, 0) is 5.56 Å². The van der Waals surface area contributed by atoms with E-state index in [1.54, 1.807) is 12.1 Å². The molecule has 148 valence electrons. The van der Waals surface area contributed by atoms with Crippen LogP contribution in [0.4, 0.5) is 0 Å². The minimum Gasteiger partial charge on any atom is -0.347 e. The van der Waals surface area contributed by atoms with E-state index in [1.165, 1.54) is 11.3 Å². The molecule has 0 fully saturated rings. The van der Waals surface area contributed by atoms with Gasteiger partial charge in [-0.25, -0.2) is 4.98 Å². The minimum absolute atomic E-state index is 0.0137. The number of nitrogens with one attached hydrogen (secondary N) is 1. The quantitative estimate of drug-likeness (QED) is 0.426. The first-order valence-electron chi connectivity index (χ1n) is 9.66. The van der Waals surface area contributed by atoms with E-state index in [2.05, 4.69) is 10.3 Å². The molecule has 0 spiro atoms. The Bertz CT molecular complexity index is 1140. The summed E-state index contributed by atoms with van der Waals surface area (Å²) in [6, 6.07) is 28.5. The summed E-state index contributed by atoms with van der Waals surface area (Å²) in [6.45, 7) is 0.435. The van der Waals surface area contributed by atoms with E-state index in [1.807, 2.05) is 78.9 Å². The Morgan fingerprint density at radius 1 is 0.800 bits per heavy atom. The zero-order chi connectivity index (χ0) is 20.8. The Labute approximate surface area is 179 Å². The number of aromatic nitrogens is 1. The van der Waals surface area contributed by atoms with Gasteiger partial charge < -0.3 is 5.32 Å². The van der Waals surface area contributed by atoms with Crippen molar-refractivity contribution < 1.29 is 9.59 Å². The van der Waals surface area contributed by atoms with Gasteiger partial charge in [0.1, 0.15) is 9.88 Å². The molecule has 1 aromatic heterocycles. The SMILES string of the molecule is O=C(Cc1nc(-c2ccccc2)c(C(=O)NCc2ccccc2)s1)c1ccccc1. The van der Waals surface area contributed by atoms with Crippen molar-refractivity contribution in [3.8, 4) is 11.3 Å². The van der Waals surface area contributed by atoms with Crippen LogP contribution in [-0.2, 0) is 13.0 Å². The van der Waals surface area contributed by atoms with Crippen LogP contribution < -0.4 is 5.32 Å². The lowest BCUT2D eigenvalue weighted by Crippen LogP contribution is -2.22. The first-order chi connectivity index (χ1) is 14.7. The predicted octanol–water partition coefficient (Wildman–Crippen LogP) is 5.17. The first kappa shape index (κ1) is 19.7. The number of hydrogen-bond acceptors (Lipinski definition) is 4. The summed E-state index contributed by atoms with van der Waals surface area (Å²) in [6.07, 6.45) is 0.167. The molecule has 0 bridgehead atoms. The molecule has 0 saturated heterocycles. The second-order valence-electron chi connectivity index (χ2n) is 6.79. The molecule has 0 aliphatic heterocycles. The molecule has 0 atom stereocenters. The van der Waals surface area contributed by atoms with Crippen LogP contribution in [0.25, 0.3) is 11.3 Å². The number of Topliss-reactive ketones (excluding diaryl/α,β-unsaturated/α-hetero) is 1. The molecule has 0 radical (unpaired) electrons. The van der Waals surface area contributed by atoms with Gasteiger partial charge in [0.25, 0.3) is 5.91 Å². The lowest BCUT2D eigenvalue weighted by atomic mass is 10.1. The van der Waals surface area contributed by atoms with Gasteiger partial charge in [0.05, 0.1) is 12.1 Å². The number of ketones is 1. The van der Waals surface area contributed by atoms with Crippen LogP contribution in [0.15, 0.2) is 91.0 Å². The molecule has 0 saturated carbocycles. The molecule has 4 nitrogen and oxygen atoms in total. The Kier molecular flexibility index (Phi) is 6.11. The van der Waals surface area contributed by atoms with Crippen molar-refractivity contribution >= 4 is 23.0 Å². The highest BCUT2D eigenvalue weighted by Crippen LogP contribution is 2.29. The van der Waals surface area contributed by atoms with Crippen LogP contribution in [0.3, 0.4) is 0 Å². The summed E-state index contributed by atoms with van der Waals surface area (Å²) in [5, 5.41) is 3.60. The van der Waals surface area contributed by atoms with E-state index in [9.17, 15) is 9.59 Å². The number of thiazole rings is 1. The average Bonchev–Trinajstić information content (AvgIpc) is 3.23. The van der Waals surface area contributed by atoms with Crippen molar-refractivity contribution in [1.29, 1.82) is 0 Å². The molecular formula is C25H20N2O2S. The molecular weight excluding hydrogens is 392 g/mol. The standard InChI is InChI=1S/C25H20N2O2S/c28-21(19-12-6-2-7-13-19)16-22-27-23(20-14-8-3-9-15-20)24(30-22)25(29)26-17-18-10-4-1-5-11-18/h1-15H,16-17H2,(H,26,29). The fourth-order valence-corrected chi connectivity index (χ4v) is 4.11. The number of carbonyl (C=O) groups is 2. The maximum absolute atomic E-state index is 13.0. The molecule has 30 heavy (non-hydrogen) atoms. The number of nitrogens with zero attached hydrogens (tertiary/aromatic N) is 1. The molecule has 0 aliphatic carbocycles. The van der Waals surface area contributed by atoms with E-state index in [-0.39, 0.29) is 18.1 Å². The Morgan fingerprint density at radius 2 is 1.40 bits per heavy atom. The van der Waals surface area contributed by atoms with Crippen molar-refractivity contribution in [2.45, 2.75) is 13.0 Å². The molecule has 3 aromatic carbocycles. The van der Waals surface area contributed by atoms with Gasteiger partial charge in [-0.15, -0.1) is 11.3 Å². The van der Waals surface area contributed by atoms with Gasteiger partial charge in [-0.3, -0.25) is 9.59 Å². The van der Waals surface area contributed by atoms with Crippen molar-refractivity contribution in [3.63, 3.8) is 0 Å². The highest BCUT2D eigenvalue weighted by atomic mass is 32.1. The molecule has 1 amide bonds. The van der Waals surface area contributed by atoms with Gasteiger partial charge in [-0.1, -0.05) is 91.0 Å². The molecule has 5 heteroatoms. The van der Waals surface area contributed by atoms with Gasteiger partial charge in [-0.2, -0.15) is 0 Å². The third-order valence-electron chi connectivity index (χ3n) is 4.63. The topological polar surface area (TPSA) is 59.1 Å². The summed E-state index contributed by atoms with van der Waals surface area (Å²) in [5.41, 5.74) is 3.14. The van der Waals surface area contributed by atoms with Crippen LogP contribution in [-0.4, -0.2) is 16.7 Å². The number of carbonyl (C=O) groups excluding carboxylic acids is 2. The minimum atomic E-state index is -0.186. The monoisotopic (exact) mass is 412 g/mol. The maximum atomic E-state index is 13.0. The molecule has 4 aromatic rings. The number of hydrogen-bond donors (Lipinski definition) is 1. The first-order valence-corrected chi connectivity index (χ1v) is 10.5. The van der Waals surface area contributed by atoms with E-state index in [0.29, 0.717) is 27.7 Å². The molecule has 1 heterocycles. The molecule has 1 N–H and O–H groups in total. The van der Waals surface area contributed by atoms with Crippen molar-refractivity contribution in [2.75, 3.05) is 0 Å². The van der Waals surface area contributed by atoms with Crippen molar-refractivity contribution in [1.82, 2.24) is 10.3 Å². The van der Waals surface area contributed by atoms with Gasteiger partial charge in [0.2, 0.25) is 0 Å². The Morgan fingerprint density at radius 3 is 2.07 bits per heavy atom. The summed E-state index contributed by atoms with van der Waals surface area (Å²) in [4.78, 5) is 30.8. The van der Waals surface area contributed by atoms with E-state index in [4.69, 9.17) is 0 Å². The summed E-state index contributed by atoms with van der Waals surface area (Å²) in [5.74, 6) is -0.200. The van der Waals surface area contributed by atoms with Gasteiger partial charge >= 0.3 is 0 Å². The van der Waals surface area contributed by atoms with Crippen molar-refractivity contribution in [3.05, 3.63) is 112 Å². The third kappa shape index (κ3) is 4.70. The zero-order valence-corrected chi connectivity index (χ0v) is 17.1. The highest BCUT2D eigenvalue weighted by molar-refractivity contribution is 7.14. The lowest BCUT2D eigenvalue weighted by molar-refractivity contribution is 0.0953. The number of amides is 1. The molecule has 4 rings (SSSR count). The van der Waals surface area contributed by atoms with Crippen LogP contribution >= 0.6 is 11.3 Å². The highest BCUT2D eigenvalue weighted by Gasteiger charge is 2.21. The van der Waals surface area contributed by atoms with Gasteiger partial charge in [0, 0.05) is 17.7 Å². The number of benzene rings is 3. The summed E-state index contributed by atoms with van der Waals surface area (Å²) >= 11 is 1.28. The molecule has 0 aliphatic rings. The lowest BCUT2D eigenvalue weighted by Gasteiger charge is -2.05. The smallest absolute Gasteiger partial charge is 0.263 e. The van der Waals surface area contributed by atoms with Crippen LogP contribution in [0, 0.1) is 0 Å². The van der Waals surface area contributed by atoms with E-state index < -0.39 is 0 Å². The largest absolute Gasteiger partial charge is 0.347 e. The Hall–Kier alpha value is -3.57. The normalized spacial score (nSPS) is 10.5. The second kappa shape index (κ2) is 9.29. The second-order valence-corrected chi connectivity index (χ2v) is 7.87. The fourth-order valence-electron chi connectivity index (χ4n) is 3.11.